The van der Waals surface area contributed by atoms with Crippen molar-refractivity contribution in [1.82, 2.24) is 0 Å². The fourth-order valence-electron chi connectivity index (χ4n) is 4.81. The third kappa shape index (κ3) is 5.43. The summed E-state index contributed by atoms with van der Waals surface area (Å²) in [6, 6.07) is 39.4. The lowest BCUT2D eigenvalue weighted by atomic mass is 9.84. The van der Waals surface area contributed by atoms with Gasteiger partial charge in [-0.25, -0.2) is 0 Å². The van der Waals surface area contributed by atoms with Crippen LogP contribution in [0.2, 0.25) is 5.02 Å². The highest BCUT2D eigenvalue weighted by molar-refractivity contribution is 6.31. The fourth-order valence-corrected chi connectivity index (χ4v) is 4.98. The van der Waals surface area contributed by atoms with Crippen LogP contribution in [0, 0.1) is 10.1 Å². The minimum atomic E-state index is -0.322. The Kier molecular flexibility index (Phi) is 7.23. The van der Waals surface area contributed by atoms with Gasteiger partial charge in [-0.05, 0) is 59.0 Å². The molecule has 39 heavy (non-hydrogen) atoms. The molecular formula is C34H29ClN2O2. The monoisotopic (exact) mass is 532 g/mol. The standard InChI is InChI=1S/C34H29ClN2O2/c1-34(2,3)25-18-20-33(37(38)39)29(22-25)30-23-26(35)19-21-32(30)36(27-14-8-5-9-15-27)31-17-11-10-16-28(31)24-12-6-4-7-13-24/h4-23H,1-3H3. The second-order valence-electron chi connectivity index (χ2n) is 10.5. The largest absolute Gasteiger partial charge is 0.309 e. The van der Waals surface area contributed by atoms with Crippen molar-refractivity contribution in [3.05, 3.63) is 142 Å². The molecule has 4 nitrogen and oxygen atoms in total. The van der Waals surface area contributed by atoms with Crippen molar-refractivity contribution in [3.8, 4) is 22.3 Å². The van der Waals surface area contributed by atoms with Crippen LogP contribution in [-0.4, -0.2) is 4.92 Å². The zero-order valence-electron chi connectivity index (χ0n) is 22.1. The number of halogens is 1. The van der Waals surface area contributed by atoms with Crippen molar-refractivity contribution >= 4 is 34.4 Å². The molecule has 0 aromatic heterocycles. The number of benzene rings is 5. The predicted molar refractivity (Wildman–Crippen MR) is 162 cm³/mol. The Morgan fingerprint density at radius 1 is 0.667 bits per heavy atom. The number of nitro benzene ring substituents is 1. The van der Waals surface area contributed by atoms with Gasteiger partial charge in [-0.15, -0.1) is 0 Å². The maximum Gasteiger partial charge on any atom is 0.277 e. The summed E-state index contributed by atoms with van der Waals surface area (Å²) in [4.78, 5) is 14.1. The normalized spacial score (nSPS) is 11.3. The van der Waals surface area contributed by atoms with Gasteiger partial charge in [0.25, 0.3) is 5.69 Å². The van der Waals surface area contributed by atoms with Crippen molar-refractivity contribution in [2.75, 3.05) is 4.90 Å². The molecule has 0 atom stereocenters. The van der Waals surface area contributed by atoms with E-state index in [1.165, 1.54) is 0 Å². The topological polar surface area (TPSA) is 46.4 Å². The van der Waals surface area contributed by atoms with Gasteiger partial charge in [0.2, 0.25) is 0 Å². The molecule has 0 aliphatic carbocycles. The van der Waals surface area contributed by atoms with E-state index in [2.05, 4.69) is 49.9 Å². The first-order chi connectivity index (χ1) is 18.7. The molecule has 0 heterocycles. The number of nitro groups is 1. The van der Waals surface area contributed by atoms with Gasteiger partial charge < -0.3 is 4.90 Å². The molecule has 0 saturated carbocycles. The van der Waals surface area contributed by atoms with E-state index in [0.717, 1.165) is 33.8 Å². The lowest BCUT2D eigenvalue weighted by Crippen LogP contribution is -2.14. The minimum Gasteiger partial charge on any atom is -0.309 e. The van der Waals surface area contributed by atoms with Crippen LogP contribution >= 0.6 is 11.6 Å². The lowest BCUT2D eigenvalue weighted by molar-refractivity contribution is -0.384. The van der Waals surface area contributed by atoms with Gasteiger partial charge in [0, 0.05) is 27.9 Å². The number of hydrogen-bond acceptors (Lipinski definition) is 3. The number of hydrogen-bond donors (Lipinski definition) is 0. The van der Waals surface area contributed by atoms with Crippen LogP contribution in [0.4, 0.5) is 22.7 Å². The van der Waals surface area contributed by atoms with Crippen LogP contribution in [0.5, 0.6) is 0 Å². The van der Waals surface area contributed by atoms with E-state index < -0.39 is 0 Å². The Labute approximate surface area is 234 Å². The number of nitrogens with zero attached hydrogens (tertiary/aromatic N) is 2. The molecule has 5 aromatic rings. The first kappa shape index (κ1) is 26.2. The summed E-state index contributed by atoms with van der Waals surface area (Å²) < 4.78 is 0. The van der Waals surface area contributed by atoms with Gasteiger partial charge >= 0.3 is 0 Å². The number of para-hydroxylation sites is 2. The van der Waals surface area contributed by atoms with Gasteiger partial charge in [-0.2, -0.15) is 0 Å². The molecule has 0 bridgehead atoms. The van der Waals surface area contributed by atoms with E-state index in [1.54, 1.807) is 6.07 Å². The number of anilines is 3. The van der Waals surface area contributed by atoms with Crippen LogP contribution in [0.1, 0.15) is 26.3 Å². The highest BCUT2D eigenvalue weighted by Gasteiger charge is 2.26. The quantitative estimate of drug-likeness (QED) is 0.161. The fraction of sp³-hybridized carbons (Fsp3) is 0.118. The van der Waals surface area contributed by atoms with Crippen LogP contribution in [-0.2, 0) is 5.41 Å². The molecule has 0 spiro atoms. The predicted octanol–water partition coefficient (Wildman–Crippen LogP) is 10.3. The summed E-state index contributed by atoms with van der Waals surface area (Å²) in [7, 11) is 0. The van der Waals surface area contributed by atoms with Gasteiger partial charge in [-0.1, -0.05) is 105 Å². The Hall–Kier alpha value is -4.41. The summed E-state index contributed by atoms with van der Waals surface area (Å²) >= 11 is 6.56. The van der Waals surface area contributed by atoms with Crippen molar-refractivity contribution in [3.63, 3.8) is 0 Å². The molecule has 0 fully saturated rings. The second kappa shape index (κ2) is 10.8. The van der Waals surface area contributed by atoms with E-state index in [4.69, 9.17) is 11.6 Å². The zero-order chi connectivity index (χ0) is 27.6. The molecular weight excluding hydrogens is 504 g/mol. The van der Waals surface area contributed by atoms with Crippen LogP contribution < -0.4 is 4.90 Å². The third-order valence-electron chi connectivity index (χ3n) is 6.79. The van der Waals surface area contributed by atoms with Crippen molar-refractivity contribution in [2.45, 2.75) is 26.2 Å². The highest BCUT2D eigenvalue weighted by Crippen LogP contribution is 2.47. The second-order valence-corrected chi connectivity index (χ2v) is 10.9. The third-order valence-corrected chi connectivity index (χ3v) is 7.03. The molecule has 0 N–H and O–H groups in total. The summed E-state index contributed by atoms with van der Waals surface area (Å²) in [6.45, 7) is 6.30. The van der Waals surface area contributed by atoms with Crippen LogP contribution in [0.25, 0.3) is 22.3 Å². The first-order valence-corrected chi connectivity index (χ1v) is 13.2. The average molecular weight is 533 g/mol. The molecule has 0 aliphatic rings. The Bertz CT molecular complexity index is 1630. The van der Waals surface area contributed by atoms with E-state index in [1.807, 2.05) is 91.0 Å². The molecule has 0 radical (unpaired) electrons. The number of rotatable bonds is 6. The smallest absolute Gasteiger partial charge is 0.277 e. The summed E-state index contributed by atoms with van der Waals surface area (Å²) in [5.74, 6) is 0. The van der Waals surface area contributed by atoms with E-state index in [0.29, 0.717) is 16.1 Å². The Balaban J connectivity index is 1.84. The average Bonchev–Trinajstić information content (AvgIpc) is 2.94. The van der Waals surface area contributed by atoms with Gasteiger partial charge in [0.1, 0.15) is 0 Å². The Morgan fingerprint density at radius 2 is 1.28 bits per heavy atom. The molecule has 0 amide bonds. The summed E-state index contributed by atoms with van der Waals surface area (Å²) in [5.41, 5.74) is 6.86. The Morgan fingerprint density at radius 3 is 1.95 bits per heavy atom. The molecule has 0 aliphatic heterocycles. The maximum atomic E-state index is 12.3. The van der Waals surface area contributed by atoms with Crippen molar-refractivity contribution in [1.29, 1.82) is 0 Å². The molecule has 0 saturated heterocycles. The summed E-state index contributed by atoms with van der Waals surface area (Å²) in [5, 5.41) is 12.8. The molecule has 194 valence electrons. The van der Waals surface area contributed by atoms with E-state index in [-0.39, 0.29) is 16.0 Å². The van der Waals surface area contributed by atoms with Gasteiger partial charge in [0.05, 0.1) is 21.9 Å². The molecule has 0 unspecified atom stereocenters. The SMILES string of the molecule is CC(C)(C)c1ccc([N+](=O)[O-])c(-c2cc(Cl)ccc2N(c2ccccc2)c2ccccc2-c2ccccc2)c1. The highest BCUT2D eigenvalue weighted by atomic mass is 35.5. The van der Waals surface area contributed by atoms with Gasteiger partial charge in [-0.3, -0.25) is 10.1 Å². The van der Waals surface area contributed by atoms with E-state index in [9.17, 15) is 10.1 Å². The minimum absolute atomic E-state index is 0.0378. The molecule has 5 aromatic carbocycles. The molecule has 5 rings (SSSR count). The van der Waals surface area contributed by atoms with Crippen molar-refractivity contribution < 1.29 is 4.92 Å². The van der Waals surface area contributed by atoms with E-state index >= 15 is 0 Å². The first-order valence-electron chi connectivity index (χ1n) is 12.8. The zero-order valence-corrected chi connectivity index (χ0v) is 22.9. The lowest BCUT2D eigenvalue weighted by Gasteiger charge is -2.30. The maximum absolute atomic E-state index is 12.3. The van der Waals surface area contributed by atoms with Gasteiger partial charge in [0.15, 0.2) is 0 Å². The molecule has 5 heteroatoms. The van der Waals surface area contributed by atoms with Crippen LogP contribution in [0.3, 0.4) is 0 Å². The van der Waals surface area contributed by atoms with Crippen molar-refractivity contribution in [2.24, 2.45) is 0 Å². The van der Waals surface area contributed by atoms with Crippen LogP contribution in [0.15, 0.2) is 121 Å². The summed E-state index contributed by atoms with van der Waals surface area (Å²) in [6.07, 6.45) is 0.